The lowest BCUT2D eigenvalue weighted by Gasteiger charge is -2.36. The summed E-state index contributed by atoms with van der Waals surface area (Å²) in [5, 5.41) is 4.97. The Hall–Kier alpha value is -2.25. The van der Waals surface area contributed by atoms with E-state index in [2.05, 4.69) is 15.1 Å². The Labute approximate surface area is 215 Å². The largest absolute Gasteiger partial charge is 0.412 e. The van der Waals surface area contributed by atoms with E-state index in [1.54, 1.807) is 30.3 Å². The van der Waals surface area contributed by atoms with E-state index in [4.69, 9.17) is 27.9 Å². The first-order valence-electron chi connectivity index (χ1n) is 11.1. The lowest BCUT2D eigenvalue weighted by molar-refractivity contribution is 0.200. The van der Waals surface area contributed by atoms with E-state index in [9.17, 15) is 9.18 Å². The molecule has 1 amide bonds. The number of nitrogens with zero attached hydrogens (tertiary/aromatic N) is 2. The molecule has 1 aliphatic heterocycles. The highest BCUT2D eigenvalue weighted by molar-refractivity contribution is 6.43. The molecule has 0 aliphatic carbocycles. The summed E-state index contributed by atoms with van der Waals surface area (Å²) in [5.74, 6) is 0.0111. The summed E-state index contributed by atoms with van der Waals surface area (Å²) >= 11 is 12.5. The van der Waals surface area contributed by atoms with Crippen molar-refractivity contribution in [1.29, 1.82) is 0 Å². The molecular formula is C25H27Cl3FN3O2. The Bertz CT molecular complexity index is 1120. The summed E-state index contributed by atoms with van der Waals surface area (Å²) in [7, 11) is 0. The summed E-state index contributed by atoms with van der Waals surface area (Å²) in [6.45, 7) is 5.20. The maximum Gasteiger partial charge on any atom is 0.412 e. The molecule has 0 radical (unpaired) electrons. The van der Waals surface area contributed by atoms with Crippen molar-refractivity contribution in [2.75, 3.05) is 44.2 Å². The van der Waals surface area contributed by atoms with Gasteiger partial charge in [0.25, 0.3) is 0 Å². The topological polar surface area (TPSA) is 44.8 Å². The molecule has 5 nitrogen and oxygen atoms in total. The molecule has 1 N–H and O–H groups in total. The molecule has 1 saturated heterocycles. The third kappa shape index (κ3) is 6.45. The van der Waals surface area contributed by atoms with Crippen molar-refractivity contribution < 1.29 is 13.9 Å². The summed E-state index contributed by atoms with van der Waals surface area (Å²) < 4.78 is 19.3. The lowest BCUT2D eigenvalue weighted by Crippen LogP contribution is -2.46. The van der Waals surface area contributed by atoms with Gasteiger partial charge in [-0.25, -0.2) is 9.18 Å². The highest BCUT2D eigenvalue weighted by Gasteiger charge is 2.19. The lowest BCUT2D eigenvalue weighted by atomic mass is 10.1. The van der Waals surface area contributed by atoms with E-state index in [1.165, 1.54) is 12.1 Å². The van der Waals surface area contributed by atoms with Crippen LogP contribution in [0.3, 0.4) is 0 Å². The summed E-state index contributed by atoms with van der Waals surface area (Å²) in [5.41, 5.74) is 0.987. The van der Waals surface area contributed by atoms with Gasteiger partial charge in [-0.1, -0.05) is 53.5 Å². The second kappa shape index (κ2) is 12.5. The molecule has 4 rings (SSSR count). The van der Waals surface area contributed by atoms with Crippen LogP contribution in [0, 0.1) is 5.82 Å². The van der Waals surface area contributed by atoms with Crippen LogP contribution in [-0.2, 0) is 0 Å². The van der Waals surface area contributed by atoms with Crippen molar-refractivity contribution in [2.45, 2.75) is 12.8 Å². The Morgan fingerprint density at radius 2 is 1.68 bits per heavy atom. The van der Waals surface area contributed by atoms with Gasteiger partial charge in [0.2, 0.25) is 0 Å². The molecule has 9 heteroatoms. The summed E-state index contributed by atoms with van der Waals surface area (Å²) in [4.78, 5) is 16.8. The number of ether oxygens (including phenoxy) is 1. The number of carbonyl (C=O) groups excluding carboxylic acids is 1. The fraction of sp³-hybridized carbons (Fsp3) is 0.320. The molecule has 1 aliphatic rings. The summed E-state index contributed by atoms with van der Waals surface area (Å²) in [6.07, 6.45) is 1.29. The Morgan fingerprint density at radius 1 is 0.941 bits per heavy atom. The van der Waals surface area contributed by atoms with Crippen molar-refractivity contribution >= 4 is 58.2 Å². The van der Waals surface area contributed by atoms with Crippen LogP contribution in [0.15, 0.2) is 54.6 Å². The smallest absolute Gasteiger partial charge is 0.410 e. The SMILES string of the molecule is Cl.O=C(NCCCCN1CCN(c2cccc(Cl)c2Cl)CC1)Oc1ccc(F)c2ccccc12. The van der Waals surface area contributed by atoms with E-state index in [0.29, 0.717) is 33.1 Å². The van der Waals surface area contributed by atoms with Crippen LogP contribution in [0.5, 0.6) is 5.75 Å². The number of unbranched alkanes of at least 4 members (excludes halogenated alkanes) is 1. The molecule has 3 aromatic carbocycles. The minimum absolute atomic E-state index is 0. The van der Waals surface area contributed by atoms with Gasteiger partial charge in [-0.2, -0.15) is 0 Å². The number of amides is 1. The fourth-order valence-corrected chi connectivity index (χ4v) is 4.47. The molecular weight excluding hydrogens is 500 g/mol. The van der Waals surface area contributed by atoms with E-state index >= 15 is 0 Å². The molecule has 0 saturated carbocycles. The van der Waals surface area contributed by atoms with Crippen LogP contribution < -0.4 is 15.0 Å². The van der Waals surface area contributed by atoms with Gasteiger partial charge in [0.15, 0.2) is 0 Å². The number of hydrogen-bond donors (Lipinski definition) is 1. The van der Waals surface area contributed by atoms with Gasteiger partial charge in [0.05, 0.1) is 15.7 Å². The number of anilines is 1. The van der Waals surface area contributed by atoms with Gasteiger partial charge in [-0.3, -0.25) is 4.90 Å². The Kier molecular flexibility index (Phi) is 9.65. The maximum absolute atomic E-state index is 13.9. The number of benzene rings is 3. The summed E-state index contributed by atoms with van der Waals surface area (Å²) in [6, 6.07) is 15.5. The van der Waals surface area contributed by atoms with Crippen molar-refractivity contribution in [1.82, 2.24) is 10.2 Å². The second-order valence-corrected chi connectivity index (χ2v) is 8.80. The van der Waals surface area contributed by atoms with Crippen LogP contribution in [0.25, 0.3) is 10.8 Å². The van der Waals surface area contributed by atoms with Gasteiger partial charge in [-0.05, 0) is 43.7 Å². The van der Waals surface area contributed by atoms with Crippen LogP contribution in [0.2, 0.25) is 10.0 Å². The molecule has 1 heterocycles. The third-order valence-corrected chi connectivity index (χ3v) is 6.66. The fourth-order valence-electron chi connectivity index (χ4n) is 4.06. The number of carbonyl (C=O) groups is 1. The van der Waals surface area contributed by atoms with Crippen LogP contribution >= 0.6 is 35.6 Å². The van der Waals surface area contributed by atoms with Crippen molar-refractivity contribution in [2.24, 2.45) is 0 Å². The van der Waals surface area contributed by atoms with Crippen LogP contribution in [0.4, 0.5) is 14.9 Å². The van der Waals surface area contributed by atoms with Gasteiger partial charge < -0.3 is 15.0 Å². The van der Waals surface area contributed by atoms with Gasteiger partial charge in [0.1, 0.15) is 11.6 Å². The average molecular weight is 527 g/mol. The Balaban J connectivity index is 0.00000324. The normalized spacial score (nSPS) is 14.0. The van der Waals surface area contributed by atoms with Gasteiger partial charge in [-0.15, -0.1) is 12.4 Å². The standard InChI is InChI=1S/C25H26Cl2FN3O2.ClH/c26-20-8-5-9-22(24(20)27)31-16-14-30(15-17-31)13-4-3-12-29-25(32)33-23-11-10-21(28)18-6-1-2-7-19(18)23;/h1-2,5-11H,3-4,12-17H2,(H,29,32);1H. The van der Waals surface area contributed by atoms with Crippen LogP contribution in [-0.4, -0.2) is 50.3 Å². The van der Waals surface area contributed by atoms with Crippen molar-refractivity contribution in [3.8, 4) is 5.75 Å². The minimum atomic E-state index is -0.529. The average Bonchev–Trinajstić information content (AvgIpc) is 2.83. The molecule has 0 aromatic heterocycles. The van der Waals surface area contributed by atoms with Crippen LogP contribution in [0.1, 0.15) is 12.8 Å². The molecule has 0 spiro atoms. The predicted octanol–water partition coefficient (Wildman–Crippen LogP) is 6.40. The zero-order valence-corrected chi connectivity index (χ0v) is 20.9. The molecule has 1 fully saturated rings. The monoisotopic (exact) mass is 525 g/mol. The molecule has 0 atom stereocenters. The number of hydrogen-bond acceptors (Lipinski definition) is 4. The molecule has 0 unspecified atom stereocenters. The molecule has 0 bridgehead atoms. The number of fused-ring (bicyclic) bond motifs is 1. The zero-order valence-electron chi connectivity index (χ0n) is 18.6. The highest BCUT2D eigenvalue weighted by Crippen LogP contribution is 2.33. The zero-order chi connectivity index (χ0) is 23.2. The quantitative estimate of drug-likeness (QED) is 0.362. The van der Waals surface area contributed by atoms with Crippen molar-refractivity contribution in [3.05, 3.63) is 70.5 Å². The Morgan fingerprint density at radius 3 is 2.44 bits per heavy atom. The van der Waals surface area contributed by atoms with E-state index in [0.717, 1.165) is 51.3 Å². The number of rotatable bonds is 7. The number of nitrogens with one attached hydrogen (secondary N) is 1. The predicted molar refractivity (Wildman–Crippen MR) is 140 cm³/mol. The van der Waals surface area contributed by atoms with Gasteiger partial charge >= 0.3 is 6.09 Å². The first-order chi connectivity index (χ1) is 16.0. The van der Waals surface area contributed by atoms with E-state index in [1.807, 2.05) is 12.1 Å². The first-order valence-corrected chi connectivity index (χ1v) is 11.8. The molecule has 34 heavy (non-hydrogen) atoms. The second-order valence-electron chi connectivity index (χ2n) is 8.02. The van der Waals surface area contributed by atoms with E-state index in [-0.39, 0.29) is 18.2 Å². The first kappa shape index (κ1) is 26.4. The minimum Gasteiger partial charge on any atom is -0.410 e. The number of halogens is 4. The highest BCUT2D eigenvalue weighted by atomic mass is 35.5. The van der Waals surface area contributed by atoms with Gasteiger partial charge in [0, 0.05) is 43.5 Å². The maximum atomic E-state index is 13.9. The molecule has 182 valence electrons. The van der Waals surface area contributed by atoms with E-state index < -0.39 is 6.09 Å². The third-order valence-electron chi connectivity index (χ3n) is 5.85. The number of piperazine rings is 1. The molecule has 3 aromatic rings. The van der Waals surface area contributed by atoms with Crippen molar-refractivity contribution in [3.63, 3.8) is 0 Å².